The Morgan fingerprint density at radius 2 is 2.00 bits per heavy atom. The fraction of sp³-hybridized carbons (Fsp3) is 0.550. The molecule has 4 rings (SSSR count). The van der Waals surface area contributed by atoms with E-state index in [1.807, 2.05) is 7.05 Å². The lowest BCUT2D eigenvalue weighted by Gasteiger charge is -2.25. The number of nitrogens with zero attached hydrogens (tertiary/aromatic N) is 4. The predicted octanol–water partition coefficient (Wildman–Crippen LogP) is 3.82. The number of hydrogen-bond acceptors (Lipinski definition) is 3. The average Bonchev–Trinajstić information content (AvgIpc) is 3.28. The predicted molar refractivity (Wildman–Crippen MR) is 127 cm³/mol. The number of benzene rings is 1. The number of rotatable bonds is 4. The maximum absolute atomic E-state index is 4.67. The van der Waals surface area contributed by atoms with Gasteiger partial charge in [0.1, 0.15) is 5.82 Å². The Morgan fingerprint density at radius 3 is 2.68 bits per heavy atom. The first-order chi connectivity index (χ1) is 13.0. The molecule has 8 heteroatoms. The van der Waals surface area contributed by atoms with E-state index < -0.39 is 0 Å². The highest BCUT2D eigenvalue weighted by Gasteiger charge is 2.39. The molecule has 1 aliphatic carbocycles. The third kappa shape index (κ3) is 4.87. The van der Waals surface area contributed by atoms with E-state index in [1.165, 1.54) is 5.56 Å². The van der Waals surface area contributed by atoms with Gasteiger partial charge in [-0.15, -0.1) is 24.0 Å². The third-order valence-electron chi connectivity index (χ3n) is 5.37. The first-order valence-corrected chi connectivity index (χ1v) is 10.5. The molecule has 1 aromatic heterocycles. The highest BCUT2D eigenvalue weighted by Crippen LogP contribution is 2.41. The second kappa shape index (κ2) is 9.11. The summed E-state index contributed by atoms with van der Waals surface area (Å²) >= 11 is 3.50. The molecule has 6 nitrogen and oxygen atoms in total. The van der Waals surface area contributed by atoms with Crippen molar-refractivity contribution in [2.24, 2.45) is 4.99 Å². The van der Waals surface area contributed by atoms with E-state index in [4.69, 9.17) is 0 Å². The van der Waals surface area contributed by atoms with Gasteiger partial charge in [0.15, 0.2) is 11.8 Å². The summed E-state index contributed by atoms with van der Waals surface area (Å²) in [6.45, 7) is 5.12. The van der Waals surface area contributed by atoms with E-state index in [-0.39, 0.29) is 24.0 Å². The van der Waals surface area contributed by atoms with Crippen molar-refractivity contribution < 1.29 is 0 Å². The number of aryl methyl sites for hydroxylation is 1. The molecule has 2 heterocycles. The topological polar surface area (TPSA) is 67.1 Å². The van der Waals surface area contributed by atoms with Gasteiger partial charge < -0.3 is 10.6 Å². The molecule has 3 atom stereocenters. The van der Waals surface area contributed by atoms with E-state index >= 15 is 0 Å². The van der Waals surface area contributed by atoms with Gasteiger partial charge in [-0.2, -0.15) is 5.10 Å². The standard InChI is InChI=1S/C20H27BrN6.HI/c1-12(2)19-25-18-9-8-15(11-27(18)26-19)23-20(22-3)24-17-10-16(17)13-4-6-14(21)7-5-13;/h4-7,12,15-17H,8-11H2,1-3H3,(H2,22,23,24);1H. The van der Waals surface area contributed by atoms with Crippen LogP contribution in [0.5, 0.6) is 0 Å². The van der Waals surface area contributed by atoms with Gasteiger partial charge in [0.2, 0.25) is 0 Å². The summed E-state index contributed by atoms with van der Waals surface area (Å²) in [4.78, 5) is 9.10. The van der Waals surface area contributed by atoms with Gasteiger partial charge in [0.05, 0.1) is 6.54 Å². The Morgan fingerprint density at radius 1 is 1.25 bits per heavy atom. The maximum Gasteiger partial charge on any atom is 0.191 e. The lowest BCUT2D eigenvalue weighted by molar-refractivity contribution is 0.391. The highest BCUT2D eigenvalue weighted by atomic mass is 127. The fourth-order valence-corrected chi connectivity index (χ4v) is 3.93. The minimum atomic E-state index is 0. The lowest BCUT2D eigenvalue weighted by Crippen LogP contribution is -2.47. The quantitative estimate of drug-likeness (QED) is 0.340. The number of nitrogens with one attached hydrogen (secondary N) is 2. The molecule has 28 heavy (non-hydrogen) atoms. The summed E-state index contributed by atoms with van der Waals surface area (Å²) in [6, 6.07) is 9.41. The van der Waals surface area contributed by atoms with Crippen LogP contribution < -0.4 is 10.6 Å². The number of halogens is 2. The number of aliphatic imine (C=N–C) groups is 1. The first-order valence-electron chi connectivity index (χ1n) is 9.72. The van der Waals surface area contributed by atoms with Crippen molar-refractivity contribution in [3.8, 4) is 0 Å². The van der Waals surface area contributed by atoms with Crippen LogP contribution in [0.4, 0.5) is 0 Å². The van der Waals surface area contributed by atoms with Crippen molar-refractivity contribution in [3.63, 3.8) is 0 Å². The first kappa shape index (κ1) is 21.5. The Balaban J connectivity index is 0.00000225. The Hall–Kier alpha value is -1.16. The van der Waals surface area contributed by atoms with Gasteiger partial charge >= 0.3 is 0 Å². The van der Waals surface area contributed by atoms with E-state index in [1.54, 1.807) is 0 Å². The van der Waals surface area contributed by atoms with Gasteiger partial charge in [-0.3, -0.25) is 4.99 Å². The van der Waals surface area contributed by atoms with Gasteiger partial charge in [0, 0.05) is 41.9 Å². The molecule has 3 unspecified atom stereocenters. The zero-order valence-corrected chi connectivity index (χ0v) is 20.4. The van der Waals surface area contributed by atoms with Crippen molar-refractivity contribution in [2.75, 3.05) is 7.05 Å². The maximum atomic E-state index is 4.67. The van der Waals surface area contributed by atoms with Crippen LogP contribution in [0.2, 0.25) is 0 Å². The summed E-state index contributed by atoms with van der Waals surface area (Å²) in [5.41, 5.74) is 1.39. The van der Waals surface area contributed by atoms with Crippen molar-refractivity contribution in [3.05, 3.63) is 46.0 Å². The van der Waals surface area contributed by atoms with Crippen molar-refractivity contribution in [1.82, 2.24) is 25.4 Å². The van der Waals surface area contributed by atoms with E-state index in [9.17, 15) is 0 Å². The molecular weight excluding hydrogens is 531 g/mol. The van der Waals surface area contributed by atoms with Crippen LogP contribution in [0.25, 0.3) is 0 Å². The molecule has 2 N–H and O–H groups in total. The molecule has 1 aliphatic heterocycles. The van der Waals surface area contributed by atoms with Gasteiger partial charge in [-0.05, 0) is 30.5 Å². The third-order valence-corrected chi connectivity index (χ3v) is 5.89. The molecule has 152 valence electrons. The number of aromatic nitrogens is 3. The Labute approximate surface area is 192 Å². The summed E-state index contributed by atoms with van der Waals surface area (Å²) in [7, 11) is 1.84. The minimum Gasteiger partial charge on any atom is -0.353 e. The smallest absolute Gasteiger partial charge is 0.191 e. The van der Waals surface area contributed by atoms with Crippen LogP contribution in [-0.2, 0) is 13.0 Å². The molecule has 0 amide bonds. The van der Waals surface area contributed by atoms with Crippen LogP contribution in [-0.4, -0.2) is 39.9 Å². The Bertz CT molecular complexity index is 832. The summed E-state index contributed by atoms with van der Waals surface area (Å²) < 4.78 is 3.19. The molecular formula is C20H28BrIN6. The zero-order chi connectivity index (χ0) is 19.0. The Kier molecular flexibility index (Phi) is 7.01. The van der Waals surface area contributed by atoms with Gasteiger partial charge in [0.25, 0.3) is 0 Å². The van der Waals surface area contributed by atoms with Crippen LogP contribution in [0.1, 0.15) is 55.7 Å². The molecule has 0 bridgehead atoms. The van der Waals surface area contributed by atoms with E-state index in [2.05, 4.69) is 84.4 Å². The minimum absolute atomic E-state index is 0. The molecule has 1 saturated carbocycles. The largest absolute Gasteiger partial charge is 0.353 e. The molecule has 0 spiro atoms. The lowest BCUT2D eigenvalue weighted by atomic mass is 10.1. The number of guanidine groups is 1. The van der Waals surface area contributed by atoms with Gasteiger partial charge in [-0.1, -0.05) is 41.9 Å². The van der Waals surface area contributed by atoms with Gasteiger partial charge in [-0.25, -0.2) is 9.67 Å². The van der Waals surface area contributed by atoms with Crippen LogP contribution in [0.3, 0.4) is 0 Å². The fourth-order valence-electron chi connectivity index (χ4n) is 3.66. The SMILES string of the molecule is CN=C(NC1CCc2nc(C(C)C)nn2C1)NC1CC1c1ccc(Br)cc1.I. The molecule has 2 aliphatic rings. The molecule has 1 aromatic carbocycles. The number of fused-ring (bicyclic) bond motifs is 1. The number of hydrogen-bond donors (Lipinski definition) is 2. The molecule has 1 fully saturated rings. The molecule has 0 radical (unpaired) electrons. The summed E-state index contributed by atoms with van der Waals surface area (Å²) in [6.07, 6.45) is 3.16. The van der Waals surface area contributed by atoms with Crippen molar-refractivity contribution in [1.29, 1.82) is 0 Å². The molecule has 0 saturated heterocycles. The summed E-state index contributed by atoms with van der Waals surface area (Å²) in [5, 5.41) is 11.8. The van der Waals surface area contributed by atoms with Crippen LogP contribution >= 0.6 is 39.9 Å². The van der Waals surface area contributed by atoms with E-state index in [0.29, 0.717) is 23.9 Å². The van der Waals surface area contributed by atoms with Crippen LogP contribution in [0, 0.1) is 0 Å². The molecule has 2 aromatic rings. The van der Waals surface area contributed by atoms with E-state index in [0.717, 1.165) is 47.9 Å². The zero-order valence-electron chi connectivity index (χ0n) is 16.5. The van der Waals surface area contributed by atoms with Crippen molar-refractivity contribution in [2.45, 2.75) is 63.6 Å². The average molecular weight is 559 g/mol. The summed E-state index contributed by atoms with van der Waals surface area (Å²) in [5.74, 6) is 3.88. The van der Waals surface area contributed by atoms with Crippen molar-refractivity contribution >= 4 is 45.9 Å². The second-order valence-electron chi connectivity index (χ2n) is 7.82. The van der Waals surface area contributed by atoms with Crippen LogP contribution in [0.15, 0.2) is 33.7 Å². The normalized spacial score (nSPS) is 23.8. The highest BCUT2D eigenvalue weighted by molar-refractivity contribution is 14.0. The second-order valence-corrected chi connectivity index (χ2v) is 8.74. The monoisotopic (exact) mass is 558 g/mol.